The lowest BCUT2D eigenvalue weighted by Gasteiger charge is -2.07. The first-order chi connectivity index (χ1) is 6.63. The van der Waals surface area contributed by atoms with Crippen LogP contribution in [-0.2, 0) is 0 Å². The van der Waals surface area contributed by atoms with Crippen molar-refractivity contribution in [3.05, 3.63) is 35.4 Å². The number of benzene rings is 1. The van der Waals surface area contributed by atoms with Crippen molar-refractivity contribution in [2.75, 3.05) is 14.1 Å². The van der Waals surface area contributed by atoms with E-state index in [0.29, 0.717) is 5.56 Å². The Morgan fingerprint density at radius 1 is 1.29 bits per heavy atom. The molecule has 0 saturated heterocycles. The van der Waals surface area contributed by atoms with Gasteiger partial charge in [0.2, 0.25) is 0 Å². The second-order valence-electron chi connectivity index (χ2n) is 3.22. The van der Waals surface area contributed by atoms with Crippen molar-refractivity contribution in [3.8, 4) is 6.07 Å². The summed E-state index contributed by atoms with van der Waals surface area (Å²) in [5.74, 6) is 0. The lowest BCUT2D eigenvalue weighted by molar-refractivity contribution is 0.438. The van der Waals surface area contributed by atoms with E-state index in [0.717, 1.165) is 11.3 Å². The minimum absolute atomic E-state index is 0.673. The Bertz CT molecular complexity index is 369. The van der Waals surface area contributed by atoms with Crippen LogP contribution in [0.3, 0.4) is 0 Å². The number of nitrogens with zero attached hydrogens (tertiary/aromatic N) is 3. The van der Waals surface area contributed by atoms with Gasteiger partial charge >= 0.3 is 0 Å². The van der Waals surface area contributed by atoms with Crippen LogP contribution >= 0.6 is 0 Å². The van der Waals surface area contributed by atoms with E-state index in [4.69, 9.17) is 5.26 Å². The smallest absolute Gasteiger partial charge is 0.0991 e. The third kappa shape index (κ3) is 2.60. The molecule has 3 heteroatoms. The van der Waals surface area contributed by atoms with E-state index in [-0.39, 0.29) is 0 Å². The van der Waals surface area contributed by atoms with E-state index in [1.165, 1.54) is 0 Å². The molecule has 1 aromatic carbocycles. The average Bonchev–Trinajstić information content (AvgIpc) is 2.17. The summed E-state index contributed by atoms with van der Waals surface area (Å²) in [5.41, 5.74) is 2.66. The SMILES string of the molecule is C/C(=N\N(C)C)c1ccc(C#N)cc1. The summed E-state index contributed by atoms with van der Waals surface area (Å²) in [6.45, 7) is 1.95. The Hall–Kier alpha value is -1.82. The molecule has 0 unspecified atom stereocenters. The molecule has 0 aromatic heterocycles. The zero-order chi connectivity index (χ0) is 10.6. The average molecular weight is 187 g/mol. The van der Waals surface area contributed by atoms with Crippen LogP contribution < -0.4 is 0 Å². The molecule has 0 saturated carbocycles. The van der Waals surface area contributed by atoms with Gasteiger partial charge in [0.25, 0.3) is 0 Å². The molecule has 72 valence electrons. The van der Waals surface area contributed by atoms with E-state index in [1.54, 1.807) is 17.1 Å². The second-order valence-corrected chi connectivity index (χ2v) is 3.22. The minimum Gasteiger partial charge on any atom is -0.303 e. The van der Waals surface area contributed by atoms with Gasteiger partial charge in [-0.2, -0.15) is 10.4 Å². The lowest BCUT2D eigenvalue weighted by Crippen LogP contribution is -2.07. The molecule has 0 radical (unpaired) electrons. The molecule has 1 aromatic rings. The number of hydrogen-bond donors (Lipinski definition) is 0. The molecule has 0 aliphatic heterocycles. The fraction of sp³-hybridized carbons (Fsp3) is 0.273. The molecular weight excluding hydrogens is 174 g/mol. The van der Waals surface area contributed by atoms with Gasteiger partial charge in [-0.05, 0) is 24.6 Å². The Labute approximate surface area is 84.3 Å². The van der Waals surface area contributed by atoms with Crippen LogP contribution in [0.15, 0.2) is 29.4 Å². The molecule has 14 heavy (non-hydrogen) atoms. The Kier molecular flexibility index (Phi) is 3.24. The maximum absolute atomic E-state index is 8.62. The largest absolute Gasteiger partial charge is 0.303 e. The number of nitriles is 1. The van der Waals surface area contributed by atoms with E-state index in [2.05, 4.69) is 11.2 Å². The van der Waals surface area contributed by atoms with E-state index in [9.17, 15) is 0 Å². The van der Waals surface area contributed by atoms with Gasteiger partial charge < -0.3 is 5.01 Å². The number of hydrogen-bond acceptors (Lipinski definition) is 3. The Morgan fingerprint density at radius 3 is 2.29 bits per heavy atom. The first kappa shape index (κ1) is 10.3. The topological polar surface area (TPSA) is 39.4 Å². The van der Waals surface area contributed by atoms with Crippen molar-refractivity contribution in [1.82, 2.24) is 5.01 Å². The second kappa shape index (κ2) is 4.43. The normalized spacial score (nSPS) is 10.9. The van der Waals surface area contributed by atoms with E-state index >= 15 is 0 Å². The molecule has 0 heterocycles. The van der Waals surface area contributed by atoms with Gasteiger partial charge in [0.05, 0.1) is 17.3 Å². The van der Waals surface area contributed by atoms with Gasteiger partial charge in [-0.3, -0.25) is 0 Å². The van der Waals surface area contributed by atoms with Crippen molar-refractivity contribution in [2.24, 2.45) is 5.10 Å². The van der Waals surface area contributed by atoms with Gasteiger partial charge in [0.1, 0.15) is 0 Å². The van der Waals surface area contributed by atoms with Crippen molar-refractivity contribution in [2.45, 2.75) is 6.92 Å². The maximum atomic E-state index is 8.62. The highest BCUT2D eigenvalue weighted by molar-refractivity contribution is 5.98. The molecule has 0 fully saturated rings. The van der Waals surface area contributed by atoms with Crippen LogP contribution in [0, 0.1) is 11.3 Å². The zero-order valence-electron chi connectivity index (χ0n) is 8.65. The summed E-state index contributed by atoms with van der Waals surface area (Å²) < 4.78 is 0. The Balaban J connectivity index is 2.93. The molecule has 1 rings (SSSR count). The summed E-state index contributed by atoms with van der Waals surface area (Å²) in [4.78, 5) is 0. The number of rotatable bonds is 2. The molecule has 0 atom stereocenters. The van der Waals surface area contributed by atoms with Crippen LogP contribution in [-0.4, -0.2) is 24.8 Å². The summed E-state index contributed by atoms with van der Waals surface area (Å²) >= 11 is 0. The standard InChI is InChI=1S/C11H13N3/c1-9(13-14(2)3)11-6-4-10(8-12)5-7-11/h4-7H,1-3H3/b13-9+. The van der Waals surface area contributed by atoms with Crippen molar-refractivity contribution in [1.29, 1.82) is 5.26 Å². The van der Waals surface area contributed by atoms with Crippen molar-refractivity contribution in [3.63, 3.8) is 0 Å². The predicted octanol–water partition coefficient (Wildman–Crippen LogP) is 1.84. The fourth-order valence-corrected chi connectivity index (χ4v) is 1.14. The maximum Gasteiger partial charge on any atom is 0.0991 e. The first-order valence-corrected chi connectivity index (χ1v) is 4.36. The monoisotopic (exact) mass is 187 g/mol. The molecular formula is C11H13N3. The summed E-state index contributed by atoms with van der Waals surface area (Å²) in [6, 6.07) is 9.48. The third-order valence-corrected chi connectivity index (χ3v) is 1.78. The zero-order valence-corrected chi connectivity index (χ0v) is 8.65. The molecule has 0 aliphatic carbocycles. The van der Waals surface area contributed by atoms with Crippen LogP contribution in [0.5, 0.6) is 0 Å². The van der Waals surface area contributed by atoms with Gasteiger partial charge in [-0.15, -0.1) is 0 Å². The molecule has 0 bridgehead atoms. The van der Waals surface area contributed by atoms with Crippen LogP contribution in [0.25, 0.3) is 0 Å². The van der Waals surface area contributed by atoms with Gasteiger partial charge in [0, 0.05) is 14.1 Å². The van der Waals surface area contributed by atoms with Crippen LogP contribution in [0.4, 0.5) is 0 Å². The highest BCUT2D eigenvalue weighted by Gasteiger charge is 1.97. The summed E-state index contributed by atoms with van der Waals surface area (Å²) in [5, 5.41) is 14.7. The van der Waals surface area contributed by atoms with E-state index < -0.39 is 0 Å². The first-order valence-electron chi connectivity index (χ1n) is 4.36. The quantitative estimate of drug-likeness (QED) is 0.523. The third-order valence-electron chi connectivity index (χ3n) is 1.78. The molecule has 0 amide bonds. The lowest BCUT2D eigenvalue weighted by atomic mass is 10.1. The molecule has 0 spiro atoms. The Morgan fingerprint density at radius 2 is 1.86 bits per heavy atom. The highest BCUT2D eigenvalue weighted by atomic mass is 15.4. The van der Waals surface area contributed by atoms with Crippen molar-refractivity contribution >= 4 is 5.71 Å². The van der Waals surface area contributed by atoms with Gasteiger partial charge in [-0.1, -0.05) is 12.1 Å². The summed E-state index contributed by atoms with van der Waals surface area (Å²) in [6.07, 6.45) is 0. The van der Waals surface area contributed by atoms with Crippen LogP contribution in [0.2, 0.25) is 0 Å². The van der Waals surface area contributed by atoms with Crippen LogP contribution in [0.1, 0.15) is 18.1 Å². The van der Waals surface area contributed by atoms with Gasteiger partial charge in [-0.25, -0.2) is 0 Å². The molecule has 3 nitrogen and oxygen atoms in total. The molecule has 0 N–H and O–H groups in total. The van der Waals surface area contributed by atoms with E-state index in [1.807, 2.05) is 33.2 Å². The highest BCUT2D eigenvalue weighted by Crippen LogP contribution is 2.05. The molecule has 0 aliphatic rings. The minimum atomic E-state index is 0.673. The summed E-state index contributed by atoms with van der Waals surface area (Å²) in [7, 11) is 3.76. The fourth-order valence-electron chi connectivity index (χ4n) is 1.14. The number of hydrazone groups is 1. The van der Waals surface area contributed by atoms with Crippen molar-refractivity contribution < 1.29 is 0 Å². The van der Waals surface area contributed by atoms with Gasteiger partial charge in [0.15, 0.2) is 0 Å². The predicted molar refractivity (Wildman–Crippen MR) is 57.1 cm³/mol.